The van der Waals surface area contributed by atoms with E-state index in [-0.39, 0.29) is 18.3 Å². The van der Waals surface area contributed by atoms with Crippen molar-refractivity contribution < 1.29 is 17.6 Å². The number of amides is 1. The number of hydrogen-bond donors (Lipinski definition) is 1. The molecule has 6 nitrogen and oxygen atoms in total. The number of sulfonamides is 1. The van der Waals surface area contributed by atoms with E-state index in [9.17, 15) is 17.6 Å². The third kappa shape index (κ3) is 3.67. The molecule has 1 atom stereocenters. The average Bonchev–Trinajstić information content (AvgIpc) is 2.87. The number of thiazole rings is 1. The van der Waals surface area contributed by atoms with Gasteiger partial charge in [-0.1, -0.05) is 11.3 Å². The van der Waals surface area contributed by atoms with Gasteiger partial charge < -0.3 is 5.32 Å². The number of nitrogens with one attached hydrogen (secondary N) is 1. The van der Waals surface area contributed by atoms with Gasteiger partial charge in [-0.3, -0.25) is 4.79 Å². The summed E-state index contributed by atoms with van der Waals surface area (Å²) in [4.78, 5) is 16.6. The first kappa shape index (κ1) is 16.3. The zero-order chi connectivity index (χ0) is 16.6. The van der Waals surface area contributed by atoms with E-state index >= 15 is 0 Å². The Kier molecular flexibility index (Phi) is 4.35. The van der Waals surface area contributed by atoms with Gasteiger partial charge in [0.1, 0.15) is 5.82 Å². The lowest BCUT2D eigenvalue weighted by Crippen LogP contribution is -2.43. The molecule has 3 rings (SSSR count). The molecule has 1 aliphatic heterocycles. The number of benzene rings is 1. The van der Waals surface area contributed by atoms with Crippen LogP contribution in [0.4, 0.5) is 9.52 Å². The SMILES string of the molecule is CS(=O)(=O)N1CCC[C@H](C(=O)Nc2nc3ccc(F)cc3s2)C1. The van der Waals surface area contributed by atoms with E-state index in [2.05, 4.69) is 10.3 Å². The number of anilines is 1. The average molecular weight is 357 g/mol. The van der Waals surface area contributed by atoms with Crippen molar-refractivity contribution in [3.05, 3.63) is 24.0 Å². The van der Waals surface area contributed by atoms with E-state index in [0.717, 1.165) is 6.26 Å². The number of carbonyl (C=O) groups is 1. The van der Waals surface area contributed by atoms with Gasteiger partial charge in [0.25, 0.3) is 0 Å². The van der Waals surface area contributed by atoms with Crippen molar-refractivity contribution in [1.82, 2.24) is 9.29 Å². The number of fused-ring (bicyclic) bond motifs is 1. The van der Waals surface area contributed by atoms with E-state index in [4.69, 9.17) is 0 Å². The molecule has 1 aromatic carbocycles. The first-order chi connectivity index (χ1) is 10.8. The second kappa shape index (κ2) is 6.14. The van der Waals surface area contributed by atoms with Crippen LogP contribution in [0.5, 0.6) is 0 Å². The van der Waals surface area contributed by atoms with Crippen molar-refractivity contribution in [3.63, 3.8) is 0 Å². The van der Waals surface area contributed by atoms with Crippen LogP contribution in [0.3, 0.4) is 0 Å². The summed E-state index contributed by atoms with van der Waals surface area (Å²) in [5.74, 6) is -1.00. The molecule has 23 heavy (non-hydrogen) atoms. The summed E-state index contributed by atoms with van der Waals surface area (Å²) in [6.07, 6.45) is 2.43. The van der Waals surface area contributed by atoms with Gasteiger partial charge in [0.2, 0.25) is 15.9 Å². The quantitative estimate of drug-likeness (QED) is 0.912. The fourth-order valence-corrected chi connectivity index (χ4v) is 4.42. The van der Waals surface area contributed by atoms with E-state index in [1.54, 1.807) is 6.07 Å². The highest BCUT2D eigenvalue weighted by atomic mass is 32.2. The Hall–Kier alpha value is -1.58. The van der Waals surface area contributed by atoms with Crippen LogP contribution >= 0.6 is 11.3 Å². The van der Waals surface area contributed by atoms with Crippen LogP contribution in [0.2, 0.25) is 0 Å². The fraction of sp³-hybridized carbons (Fsp3) is 0.429. The zero-order valence-electron chi connectivity index (χ0n) is 12.5. The summed E-state index contributed by atoms with van der Waals surface area (Å²) in [6, 6.07) is 4.25. The lowest BCUT2D eigenvalue weighted by atomic mass is 9.99. The molecule has 1 amide bonds. The molecule has 0 bridgehead atoms. The number of rotatable bonds is 3. The number of piperidine rings is 1. The van der Waals surface area contributed by atoms with E-state index < -0.39 is 15.9 Å². The monoisotopic (exact) mass is 357 g/mol. The highest BCUT2D eigenvalue weighted by Gasteiger charge is 2.30. The van der Waals surface area contributed by atoms with Crippen molar-refractivity contribution in [1.29, 1.82) is 0 Å². The third-order valence-electron chi connectivity index (χ3n) is 3.80. The topological polar surface area (TPSA) is 79.4 Å². The summed E-state index contributed by atoms with van der Waals surface area (Å²) in [7, 11) is -3.29. The smallest absolute Gasteiger partial charge is 0.230 e. The number of nitrogens with zero attached hydrogens (tertiary/aromatic N) is 2. The molecule has 0 unspecified atom stereocenters. The summed E-state index contributed by atoms with van der Waals surface area (Å²) in [6.45, 7) is 0.632. The summed E-state index contributed by atoms with van der Waals surface area (Å²) >= 11 is 1.20. The molecule has 1 fully saturated rings. The van der Waals surface area contributed by atoms with Crippen molar-refractivity contribution in [2.75, 3.05) is 24.7 Å². The van der Waals surface area contributed by atoms with Gasteiger partial charge in [-0.25, -0.2) is 22.1 Å². The van der Waals surface area contributed by atoms with Crippen LogP contribution < -0.4 is 5.32 Å². The predicted molar refractivity (Wildman–Crippen MR) is 87.3 cm³/mol. The maximum absolute atomic E-state index is 13.2. The minimum Gasteiger partial charge on any atom is -0.302 e. The summed E-state index contributed by atoms with van der Waals surface area (Å²) < 4.78 is 38.4. The van der Waals surface area contributed by atoms with E-state index in [1.807, 2.05) is 0 Å². The molecule has 0 saturated carbocycles. The number of carbonyl (C=O) groups excluding carboxylic acids is 1. The molecule has 1 N–H and O–H groups in total. The Balaban J connectivity index is 1.72. The van der Waals surface area contributed by atoms with Crippen molar-refractivity contribution >= 4 is 42.6 Å². The molecule has 0 radical (unpaired) electrons. The number of hydrogen-bond acceptors (Lipinski definition) is 5. The lowest BCUT2D eigenvalue weighted by Gasteiger charge is -2.29. The third-order valence-corrected chi connectivity index (χ3v) is 6.01. The van der Waals surface area contributed by atoms with Crippen LogP contribution in [0.1, 0.15) is 12.8 Å². The minimum atomic E-state index is -3.29. The maximum Gasteiger partial charge on any atom is 0.230 e. The second-order valence-corrected chi connectivity index (χ2v) is 8.59. The molecular weight excluding hydrogens is 341 g/mol. The summed E-state index contributed by atoms with van der Waals surface area (Å²) in [5.41, 5.74) is 0.619. The Morgan fingerprint density at radius 2 is 2.26 bits per heavy atom. The lowest BCUT2D eigenvalue weighted by molar-refractivity contribution is -0.120. The van der Waals surface area contributed by atoms with E-state index in [1.165, 1.54) is 27.8 Å². The largest absolute Gasteiger partial charge is 0.302 e. The van der Waals surface area contributed by atoms with Crippen molar-refractivity contribution in [2.45, 2.75) is 12.8 Å². The molecule has 1 saturated heterocycles. The van der Waals surface area contributed by atoms with Crippen LogP contribution in [-0.2, 0) is 14.8 Å². The van der Waals surface area contributed by atoms with Crippen LogP contribution in [0.25, 0.3) is 10.2 Å². The first-order valence-electron chi connectivity index (χ1n) is 7.15. The summed E-state index contributed by atoms with van der Waals surface area (Å²) in [5, 5.41) is 3.11. The predicted octanol–water partition coefficient (Wildman–Crippen LogP) is 2.05. The van der Waals surface area contributed by atoms with Crippen molar-refractivity contribution in [2.24, 2.45) is 5.92 Å². The molecule has 0 spiro atoms. The molecule has 9 heteroatoms. The fourth-order valence-electron chi connectivity index (χ4n) is 2.62. The van der Waals surface area contributed by atoms with Gasteiger partial charge in [0.05, 0.1) is 22.4 Å². The Labute approximate surface area is 137 Å². The molecule has 2 heterocycles. The molecule has 0 aliphatic carbocycles. The van der Waals surface area contributed by atoms with Gasteiger partial charge in [-0.2, -0.15) is 0 Å². The minimum absolute atomic E-state index is 0.185. The normalized spacial score (nSPS) is 19.8. The highest BCUT2D eigenvalue weighted by Crippen LogP contribution is 2.27. The molecule has 1 aromatic heterocycles. The standard InChI is InChI=1S/C14H16FN3O3S2/c1-23(20,21)18-6-2-3-9(8-18)13(19)17-14-16-11-5-4-10(15)7-12(11)22-14/h4-5,7,9H,2-3,6,8H2,1H3,(H,16,17,19)/t9-/m0/s1. The Bertz CT molecular complexity index is 850. The van der Waals surface area contributed by atoms with Gasteiger partial charge in [-0.05, 0) is 31.0 Å². The molecule has 1 aliphatic rings. The van der Waals surface area contributed by atoms with Crippen LogP contribution in [0, 0.1) is 11.7 Å². The van der Waals surface area contributed by atoms with Gasteiger partial charge in [-0.15, -0.1) is 0 Å². The van der Waals surface area contributed by atoms with Crippen LogP contribution in [-0.4, -0.2) is 43.0 Å². The molecular formula is C14H16FN3O3S2. The van der Waals surface area contributed by atoms with Gasteiger partial charge >= 0.3 is 0 Å². The Morgan fingerprint density at radius 1 is 1.48 bits per heavy atom. The highest BCUT2D eigenvalue weighted by molar-refractivity contribution is 7.88. The van der Waals surface area contributed by atoms with Crippen molar-refractivity contribution in [3.8, 4) is 0 Å². The van der Waals surface area contributed by atoms with Gasteiger partial charge in [0.15, 0.2) is 5.13 Å². The van der Waals surface area contributed by atoms with Crippen LogP contribution in [0.15, 0.2) is 18.2 Å². The number of aromatic nitrogens is 1. The number of halogens is 1. The second-order valence-electron chi connectivity index (χ2n) is 5.58. The Morgan fingerprint density at radius 3 is 3.00 bits per heavy atom. The molecule has 2 aromatic rings. The van der Waals surface area contributed by atoms with Gasteiger partial charge in [0, 0.05) is 13.1 Å². The zero-order valence-corrected chi connectivity index (χ0v) is 14.1. The first-order valence-corrected chi connectivity index (χ1v) is 9.81. The molecule has 124 valence electrons. The van der Waals surface area contributed by atoms with E-state index in [0.29, 0.717) is 34.7 Å². The maximum atomic E-state index is 13.2.